The summed E-state index contributed by atoms with van der Waals surface area (Å²) in [5.41, 5.74) is 6.88. The fraction of sp³-hybridized carbons (Fsp3) is 0.684. The first-order valence-corrected chi connectivity index (χ1v) is 9.29. The molecule has 25 heavy (non-hydrogen) atoms. The molecule has 2 fully saturated rings. The van der Waals surface area contributed by atoms with Crippen LogP contribution >= 0.6 is 0 Å². The molecule has 1 aliphatic carbocycles. The van der Waals surface area contributed by atoms with Crippen LogP contribution in [0.25, 0.3) is 0 Å². The van der Waals surface area contributed by atoms with E-state index in [2.05, 4.69) is 17.3 Å². The number of amides is 2. The SMILES string of the molecule is C/C=C(C)/C=C(\N)NC(=O)C1CCC(C(=O)N2CCN(C)CC2)CC1. The minimum absolute atomic E-state index is 0.0249. The van der Waals surface area contributed by atoms with Gasteiger partial charge in [-0.1, -0.05) is 11.6 Å². The number of allylic oxidation sites excluding steroid dienone is 3. The van der Waals surface area contributed by atoms with Crippen molar-refractivity contribution in [3.05, 3.63) is 23.5 Å². The quantitative estimate of drug-likeness (QED) is 0.754. The predicted molar refractivity (Wildman–Crippen MR) is 99.4 cm³/mol. The number of rotatable bonds is 4. The lowest BCUT2D eigenvalue weighted by atomic mass is 9.81. The van der Waals surface area contributed by atoms with Gasteiger partial charge in [0.1, 0.15) is 5.82 Å². The third-order valence-electron chi connectivity index (χ3n) is 5.37. The second kappa shape index (κ2) is 9.04. The summed E-state index contributed by atoms with van der Waals surface area (Å²) in [6.07, 6.45) is 6.80. The molecule has 2 aliphatic rings. The molecule has 0 atom stereocenters. The Hall–Kier alpha value is -1.82. The van der Waals surface area contributed by atoms with Crippen LogP contribution in [0.15, 0.2) is 23.5 Å². The number of nitrogens with zero attached hydrogens (tertiary/aromatic N) is 2. The predicted octanol–water partition coefficient (Wildman–Crippen LogP) is 1.45. The second-order valence-corrected chi connectivity index (χ2v) is 7.30. The molecule has 6 heteroatoms. The molecule has 1 saturated heterocycles. The van der Waals surface area contributed by atoms with Gasteiger partial charge < -0.3 is 20.9 Å². The molecule has 0 unspecified atom stereocenters. The zero-order valence-corrected chi connectivity index (χ0v) is 15.8. The maximum atomic E-state index is 12.6. The highest BCUT2D eigenvalue weighted by molar-refractivity contribution is 5.82. The molecule has 3 N–H and O–H groups in total. The highest BCUT2D eigenvalue weighted by Crippen LogP contribution is 2.30. The van der Waals surface area contributed by atoms with Gasteiger partial charge in [-0.2, -0.15) is 0 Å². The maximum absolute atomic E-state index is 12.6. The van der Waals surface area contributed by atoms with E-state index >= 15 is 0 Å². The Balaban J connectivity index is 1.80. The molecule has 0 aromatic heterocycles. The lowest BCUT2D eigenvalue weighted by Crippen LogP contribution is -2.49. The number of nitrogens with one attached hydrogen (secondary N) is 1. The maximum Gasteiger partial charge on any atom is 0.228 e. The van der Waals surface area contributed by atoms with E-state index in [0.29, 0.717) is 5.82 Å². The Kier molecular flexibility index (Phi) is 7.05. The lowest BCUT2D eigenvalue weighted by molar-refractivity contribution is -0.139. The van der Waals surface area contributed by atoms with Gasteiger partial charge in [0, 0.05) is 38.0 Å². The van der Waals surface area contributed by atoms with Gasteiger partial charge in [0.05, 0.1) is 0 Å². The molecule has 0 aromatic carbocycles. The van der Waals surface area contributed by atoms with Gasteiger partial charge >= 0.3 is 0 Å². The Bertz CT molecular complexity index is 540. The van der Waals surface area contributed by atoms with Crippen molar-refractivity contribution in [1.29, 1.82) is 0 Å². The van der Waals surface area contributed by atoms with Crippen LogP contribution in [0.1, 0.15) is 39.5 Å². The molecular weight excluding hydrogens is 316 g/mol. The van der Waals surface area contributed by atoms with Crippen molar-refractivity contribution < 1.29 is 9.59 Å². The van der Waals surface area contributed by atoms with Crippen LogP contribution < -0.4 is 11.1 Å². The van der Waals surface area contributed by atoms with Crippen LogP contribution in [-0.4, -0.2) is 54.8 Å². The van der Waals surface area contributed by atoms with E-state index in [1.54, 1.807) is 6.08 Å². The molecule has 140 valence electrons. The second-order valence-electron chi connectivity index (χ2n) is 7.30. The Labute approximate surface area is 151 Å². The Morgan fingerprint density at radius 3 is 2.16 bits per heavy atom. The van der Waals surface area contributed by atoms with Crippen LogP contribution in [0.4, 0.5) is 0 Å². The summed E-state index contributed by atoms with van der Waals surface area (Å²) in [7, 11) is 2.09. The largest absolute Gasteiger partial charge is 0.385 e. The van der Waals surface area contributed by atoms with Gasteiger partial charge in [0.25, 0.3) is 0 Å². The average molecular weight is 348 g/mol. The topological polar surface area (TPSA) is 78.7 Å². The summed E-state index contributed by atoms with van der Waals surface area (Å²) >= 11 is 0. The van der Waals surface area contributed by atoms with Gasteiger partial charge in [-0.3, -0.25) is 9.59 Å². The normalized spacial score (nSPS) is 26.4. The third kappa shape index (κ3) is 5.59. The van der Waals surface area contributed by atoms with E-state index in [1.165, 1.54) is 0 Å². The lowest BCUT2D eigenvalue weighted by Gasteiger charge is -2.36. The first kappa shape index (κ1) is 19.5. The third-order valence-corrected chi connectivity index (χ3v) is 5.37. The molecule has 2 rings (SSSR count). The van der Waals surface area contributed by atoms with Crippen LogP contribution in [-0.2, 0) is 9.59 Å². The fourth-order valence-corrected chi connectivity index (χ4v) is 3.50. The molecule has 0 bridgehead atoms. The molecule has 0 aromatic rings. The number of carbonyl (C=O) groups excluding carboxylic acids is 2. The van der Waals surface area contributed by atoms with Gasteiger partial charge in [-0.15, -0.1) is 0 Å². The van der Waals surface area contributed by atoms with Gasteiger partial charge in [-0.05, 0) is 52.7 Å². The summed E-state index contributed by atoms with van der Waals surface area (Å²) in [4.78, 5) is 29.2. The highest BCUT2D eigenvalue weighted by atomic mass is 16.2. The van der Waals surface area contributed by atoms with Crippen LogP contribution in [0.3, 0.4) is 0 Å². The van der Waals surface area contributed by atoms with E-state index in [0.717, 1.165) is 57.4 Å². The smallest absolute Gasteiger partial charge is 0.228 e. The molecule has 0 spiro atoms. The Morgan fingerprint density at radius 1 is 1.04 bits per heavy atom. The van der Waals surface area contributed by atoms with Crippen LogP contribution in [0, 0.1) is 11.8 Å². The monoisotopic (exact) mass is 348 g/mol. The van der Waals surface area contributed by atoms with Gasteiger partial charge in [0.2, 0.25) is 11.8 Å². The average Bonchev–Trinajstić information content (AvgIpc) is 2.61. The first-order chi connectivity index (χ1) is 11.9. The van der Waals surface area contributed by atoms with Crippen LogP contribution in [0.2, 0.25) is 0 Å². The van der Waals surface area contributed by atoms with Crippen molar-refractivity contribution in [3.63, 3.8) is 0 Å². The van der Waals surface area contributed by atoms with E-state index in [-0.39, 0.29) is 23.7 Å². The number of hydrogen-bond donors (Lipinski definition) is 2. The van der Waals surface area contributed by atoms with Crippen LogP contribution in [0.5, 0.6) is 0 Å². The zero-order valence-electron chi connectivity index (χ0n) is 15.8. The fourth-order valence-electron chi connectivity index (χ4n) is 3.50. The molecule has 0 radical (unpaired) electrons. The molecule has 2 amide bonds. The summed E-state index contributed by atoms with van der Waals surface area (Å²) in [5, 5.41) is 2.79. The van der Waals surface area contributed by atoms with E-state index < -0.39 is 0 Å². The van der Waals surface area contributed by atoms with Crippen molar-refractivity contribution in [2.75, 3.05) is 33.2 Å². The standard InChI is InChI=1S/C19H32N4O2/c1-4-14(2)13-17(20)21-18(24)15-5-7-16(8-6-15)19(25)23-11-9-22(3)10-12-23/h4,13,15-16H,5-12,20H2,1-3H3,(H,21,24)/b14-4+,17-13+. The van der Waals surface area contributed by atoms with Crippen molar-refractivity contribution in [1.82, 2.24) is 15.1 Å². The van der Waals surface area contributed by atoms with E-state index in [9.17, 15) is 9.59 Å². The summed E-state index contributed by atoms with van der Waals surface area (Å²) in [6, 6.07) is 0. The van der Waals surface area contributed by atoms with Crippen molar-refractivity contribution >= 4 is 11.8 Å². The van der Waals surface area contributed by atoms with Crippen molar-refractivity contribution in [3.8, 4) is 0 Å². The first-order valence-electron chi connectivity index (χ1n) is 9.29. The van der Waals surface area contributed by atoms with Gasteiger partial charge in [0.15, 0.2) is 0 Å². The number of likely N-dealkylation sites (N-methyl/N-ethyl adjacent to an activating group) is 1. The van der Waals surface area contributed by atoms with Crippen molar-refractivity contribution in [2.45, 2.75) is 39.5 Å². The molecule has 6 nitrogen and oxygen atoms in total. The summed E-state index contributed by atoms with van der Waals surface area (Å²) < 4.78 is 0. The van der Waals surface area contributed by atoms with Crippen molar-refractivity contribution in [2.24, 2.45) is 17.6 Å². The summed E-state index contributed by atoms with van der Waals surface area (Å²) in [6.45, 7) is 7.40. The molecule has 1 aliphatic heterocycles. The Morgan fingerprint density at radius 2 is 1.60 bits per heavy atom. The number of piperazine rings is 1. The number of hydrogen-bond acceptors (Lipinski definition) is 4. The number of nitrogens with two attached hydrogens (primary N) is 1. The minimum atomic E-state index is -0.0469. The minimum Gasteiger partial charge on any atom is -0.385 e. The summed E-state index contributed by atoms with van der Waals surface area (Å²) in [5.74, 6) is 0.662. The van der Waals surface area contributed by atoms with Gasteiger partial charge in [-0.25, -0.2) is 0 Å². The number of carbonyl (C=O) groups is 2. The van der Waals surface area contributed by atoms with E-state index in [1.807, 2.05) is 24.8 Å². The zero-order chi connectivity index (χ0) is 18.4. The molecule has 1 saturated carbocycles. The van der Waals surface area contributed by atoms with E-state index in [4.69, 9.17) is 5.73 Å². The molecular formula is C19H32N4O2. The molecule has 1 heterocycles. The highest BCUT2D eigenvalue weighted by Gasteiger charge is 2.33.